The summed E-state index contributed by atoms with van der Waals surface area (Å²) in [5.41, 5.74) is -0.140. The maximum absolute atomic E-state index is 13.5. The molecule has 0 saturated carbocycles. The van der Waals surface area contributed by atoms with Crippen LogP contribution >= 0.6 is 0 Å². The van der Waals surface area contributed by atoms with E-state index < -0.39 is 23.6 Å². The molecule has 2 atom stereocenters. The number of aliphatic hydroxyl groups excluding tert-OH is 1. The summed E-state index contributed by atoms with van der Waals surface area (Å²) in [6, 6.07) is 14.5. The van der Waals surface area contributed by atoms with Gasteiger partial charge in [-0.3, -0.25) is 9.69 Å². The minimum absolute atomic E-state index is 0.00833. The summed E-state index contributed by atoms with van der Waals surface area (Å²) in [6.45, 7) is 1.28. The monoisotopic (exact) mass is 372 g/mol. The number of hydrogen-bond acceptors (Lipinski definition) is 4. The van der Waals surface area contributed by atoms with E-state index in [4.69, 9.17) is 4.74 Å². The molecule has 2 aromatic carbocycles. The fourth-order valence-electron chi connectivity index (χ4n) is 3.01. The minimum Gasteiger partial charge on any atom is -0.389 e. The number of hydrogen-bond donors (Lipinski definition) is 2. The Morgan fingerprint density at radius 1 is 1.15 bits per heavy atom. The van der Waals surface area contributed by atoms with Gasteiger partial charge in [-0.05, 0) is 18.6 Å². The minimum atomic E-state index is -1.17. The Balaban J connectivity index is 1.58. The van der Waals surface area contributed by atoms with Gasteiger partial charge in [-0.2, -0.15) is 0 Å². The predicted molar refractivity (Wildman–Crippen MR) is 96.1 cm³/mol. The van der Waals surface area contributed by atoms with Crippen LogP contribution in [0.4, 0.5) is 9.18 Å². The maximum atomic E-state index is 13.5. The summed E-state index contributed by atoms with van der Waals surface area (Å²) in [5, 5.41) is 12.8. The van der Waals surface area contributed by atoms with Gasteiger partial charge in [-0.15, -0.1) is 0 Å². The summed E-state index contributed by atoms with van der Waals surface area (Å²) < 4.78 is 18.9. The lowest BCUT2D eigenvalue weighted by Crippen LogP contribution is -2.42. The highest BCUT2D eigenvalue weighted by atomic mass is 19.1. The number of β-amino-alcohol motifs (C(OH)–C–C–N with tert-alkyl or cyclic N) is 1. The van der Waals surface area contributed by atoms with E-state index in [-0.39, 0.29) is 25.6 Å². The number of nitrogens with zero attached hydrogens (tertiary/aromatic N) is 1. The van der Waals surface area contributed by atoms with Crippen molar-refractivity contribution < 1.29 is 23.8 Å². The fourth-order valence-corrected chi connectivity index (χ4v) is 3.01. The number of rotatable bonds is 7. The van der Waals surface area contributed by atoms with Crippen LogP contribution in [0.2, 0.25) is 0 Å². The summed E-state index contributed by atoms with van der Waals surface area (Å²) in [6.07, 6.45) is -1.08. The van der Waals surface area contributed by atoms with Crippen LogP contribution in [0.5, 0.6) is 0 Å². The molecule has 3 rings (SSSR count). The second-order valence-electron chi connectivity index (χ2n) is 6.60. The van der Waals surface area contributed by atoms with E-state index in [1.807, 2.05) is 6.07 Å². The van der Waals surface area contributed by atoms with Gasteiger partial charge < -0.3 is 15.2 Å². The molecular formula is C20H21FN2O4. The van der Waals surface area contributed by atoms with Crippen molar-refractivity contribution in [1.29, 1.82) is 0 Å². The van der Waals surface area contributed by atoms with Crippen molar-refractivity contribution in [2.75, 3.05) is 13.2 Å². The quantitative estimate of drug-likeness (QED) is 0.730. The number of aliphatic hydroxyl groups is 1. The van der Waals surface area contributed by atoms with Crippen molar-refractivity contribution in [3.63, 3.8) is 0 Å². The van der Waals surface area contributed by atoms with Crippen molar-refractivity contribution in [3.8, 4) is 0 Å². The van der Waals surface area contributed by atoms with Crippen LogP contribution in [0, 0.1) is 5.82 Å². The Morgan fingerprint density at radius 2 is 1.81 bits per heavy atom. The predicted octanol–water partition coefficient (Wildman–Crippen LogP) is 2.17. The Hall–Kier alpha value is -2.77. The van der Waals surface area contributed by atoms with Crippen LogP contribution in [0.15, 0.2) is 54.6 Å². The highest BCUT2D eigenvalue weighted by molar-refractivity contribution is 6.07. The average molecular weight is 372 g/mol. The number of carbonyl (C=O) groups is 2. The van der Waals surface area contributed by atoms with Crippen molar-refractivity contribution in [1.82, 2.24) is 10.2 Å². The van der Waals surface area contributed by atoms with Crippen molar-refractivity contribution in [3.05, 3.63) is 71.5 Å². The third-order valence-electron chi connectivity index (χ3n) is 4.55. The molecule has 0 aliphatic carbocycles. The molecule has 2 unspecified atom stereocenters. The van der Waals surface area contributed by atoms with Crippen LogP contribution in [-0.2, 0) is 21.7 Å². The third-order valence-corrected chi connectivity index (χ3v) is 4.55. The van der Waals surface area contributed by atoms with Gasteiger partial charge in [0.1, 0.15) is 11.4 Å². The van der Waals surface area contributed by atoms with Gasteiger partial charge in [0.25, 0.3) is 5.91 Å². The number of nitrogens with one attached hydrogen (secondary N) is 1. The normalized spacial score (nSPS) is 20.6. The summed E-state index contributed by atoms with van der Waals surface area (Å²) in [5.74, 6) is -0.827. The lowest BCUT2D eigenvalue weighted by Gasteiger charge is -2.23. The van der Waals surface area contributed by atoms with Crippen LogP contribution in [0.3, 0.4) is 0 Å². The van der Waals surface area contributed by atoms with Gasteiger partial charge in [0.15, 0.2) is 0 Å². The van der Waals surface area contributed by atoms with Gasteiger partial charge in [-0.1, -0.05) is 48.5 Å². The fraction of sp³-hybridized carbons (Fsp3) is 0.300. The zero-order valence-electron chi connectivity index (χ0n) is 14.9. The third kappa shape index (κ3) is 3.99. The molecule has 0 aromatic heterocycles. The topological polar surface area (TPSA) is 78.9 Å². The maximum Gasteiger partial charge on any atom is 0.325 e. The van der Waals surface area contributed by atoms with Crippen LogP contribution in [0.25, 0.3) is 0 Å². The van der Waals surface area contributed by atoms with E-state index in [2.05, 4.69) is 5.32 Å². The average Bonchev–Trinajstić information content (AvgIpc) is 2.88. The van der Waals surface area contributed by atoms with Crippen LogP contribution < -0.4 is 5.32 Å². The van der Waals surface area contributed by atoms with Crippen molar-refractivity contribution >= 4 is 11.9 Å². The van der Waals surface area contributed by atoms with Gasteiger partial charge in [0.2, 0.25) is 0 Å². The number of ether oxygens (including phenoxy) is 1. The lowest BCUT2D eigenvalue weighted by molar-refractivity contribution is -0.132. The Morgan fingerprint density at radius 3 is 2.52 bits per heavy atom. The Labute approximate surface area is 156 Å². The summed E-state index contributed by atoms with van der Waals surface area (Å²) in [4.78, 5) is 26.0. The number of amides is 3. The van der Waals surface area contributed by atoms with E-state index in [1.54, 1.807) is 49.4 Å². The molecule has 3 amide bonds. The standard InChI is InChI=1S/C20H21FN2O4/c1-20(15-8-3-2-4-9-15)18(25)23(19(26)22-20)11-16(24)13-27-12-14-7-5-6-10-17(14)21/h2-10,16,24H,11-13H2,1H3,(H,22,26). The van der Waals surface area contributed by atoms with E-state index >= 15 is 0 Å². The van der Waals surface area contributed by atoms with E-state index in [0.717, 1.165) is 4.90 Å². The molecule has 2 N–H and O–H groups in total. The lowest BCUT2D eigenvalue weighted by atomic mass is 9.92. The first kappa shape index (κ1) is 19.0. The molecule has 0 radical (unpaired) electrons. The number of benzene rings is 2. The van der Waals surface area contributed by atoms with Crippen molar-refractivity contribution in [2.24, 2.45) is 0 Å². The molecule has 6 nitrogen and oxygen atoms in total. The summed E-state index contributed by atoms with van der Waals surface area (Å²) >= 11 is 0. The molecule has 1 saturated heterocycles. The SMILES string of the molecule is CC1(c2ccccc2)NC(=O)N(CC(O)COCc2ccccc2F)C1=O. The van der Waals surface area contributed by atoms with E-state index in [1.165, 1.54) is 6.07 Å². The highest BCUT2D eigenvalue weighted by Crippen LogP contribution is 2.28. The number of imide groups is 1. The molecule has 0 spiro atoms. The molecule has 1 aliphatic rings. The molecule has 1 heterocycles. The van der Waals surface area contributed by atoms with Gasteiger partial charge >= 0.3 is 6.03 Å². The summed E-state index contributed by atoms with van der Waals surface area (Å²) in [7, 11) is 0. The molecule has 0 bridgehead atoms. The highest BCUT2D eigenvalue weighted by Gasteiger charge is 2.49. The van der Waals surface area contributed by atoms with Gasteiger partial charge in [0, 0.05) is 5.56 Å². The number of urea groups is 1. The number of carbonyl (C=O) groups excluding carboxylic acids is 2. The van der Waals surface area contributed by atoms with Crippen molar-refractivity contribution in [2.45, 2.75) is 25.2 Å². The molecule has 27 heavy (non-hydrogen) atoms. The van der Waals surface area contributed by atoms with E-state index in [9.17, 15) is 19.1 Å². The van der Waals surface area contributed by atoms with Gasteiger partial charge in [-0.25, -0.2) is 9.18 Å². The zero-order valence-corrected chi connectivity index (χ0v) is 14.9. The largest absolute Gasteiger partial charge is 0.389 e. The van der Waals surface area contributed by atoms with Gasteiger partial charge in [0.05, 0.1) is 25.9 Å². The second kappa shape index (κ2) is 7.85. The molecule has 7 heteroatoms. The van der Waals surface area contributed by atoms with Crippen LogP contribution in [0.1, 0.15) is 18.1 Å². The second-order valence-corrected chi connectivity index (χ2v) is 6.60. The molecule has 1 fully saturated rings. The molecule has 2 aromatic rings. The van der Waals surface area contributed by atoms with E-state index in [0.29, 0.717) is 11.1 Å². The first-order chi connectivity index (χ1) is 12.9. The smallest absolute Gasteiger partial charge is 0.325 e. The zero-order chi connectivity index (χ0) is 19.4. The van der Waals surface area contributed by atoms with Crippen LogP contribution in [-0.4, -0.2) is 41.2 Å². The first-order valence-corrected chi connectivity index (χ1v) is 8.60. The molecule has 1 aliphatic heterocycles. The molecule has 142 valence electrons. The first-order valence-electron chi connectivity index (χ1n) is 8.60. The Kier molecular flexibility index (Phi) is 5.53. The molecular weight excluding hydrogens is 351 g/mol. The Bertz CT molecular complexity index is 830. The number of halogens is 1.